The van der Waals surface area contributed by atoms with Crippen LogP contribution < -0.4 is 15.8 Å². The molecule has 3 atom stereocenters. The van der Waals surface area contributed by atoms with Crippen LogP contribution in [0.5, 0.6) is 5.75 Å². The van der Waals surface area contributed by atoms with Gasteiger partial charge in [-0.2, -0.15) is 0 Å². The minimum Gasteiger partial charge on any atom is -0.491 e. The minimum atomic E-state index is 0.0279. The minimum absolute atomic E-state index is 0.0279. The molecule has 1 saturated carbocycles. The van der Waals surface area contributed by atoms with E-state index in [1.54, 1.807) is 6.07 Å². The lowest BCUT2D eigenvalue weighted by Crippen LogP contribution is -2.34. The summed E-state index contributed by atoms with van der Waals surface area (Å²) in [5, 5.41) is 3.23. The molecule has 4 rings (SSSR count). The number of benzene rings is 1. The predicted molar refractivity (Wildman–Crippen MR) is 85.0 cm³/mol. The van der Waals surface area contributed by atoms with E-state index in [1.807, 2.05) is 6.07 Å². The fraction of sp³-hybridized carbons (Fsp3) is 0.588. The first kappa shape index (κ1) is 13.9. The third-order valence-electron chi connectivity index (χ3n) is 5.40. The molecule has 0 aromatic heterocycles. The van der Waals surface area contributed by atoms with E-state index in [-0.39, 0.29) is 5.91 Å². The van der Waals surface area contributed by atoms with Crippen molar-refractivity contribution in [1.29, 1.82) is 0 Å². The summed E-state index contributed by atoms with van der Waals surface area (Å²) in [6.45, 7) is 2.95. The van der Waals surface area contributed by atoms with Crippen molar-refractivity contribution in [3.8, 4) is 5.75 Å². The summed E-state index contributed by atoms with van der Waals surface area (Å²) in [5.41, 5.74) is 8.25. The van der Waals surface area contributed by atoms with Crippen LogP contribution in [0.3, 0.4) is 0 Å². The molecule has 1 aromatic carbocycles. The summed E-state index contributed by atoms with van der Waals surface area (Å²) < 4.78 is 5.55. The molecule has 3 N–H and O–H groups in total. The highest BCUT2D eigenvalue weighted by Gasteiger charge is 2.40. The Kier molecular flexibility index (Phi) is 3.26. The Bertz CT molecular complexity index is 602. The zero-order valence-electron chi connectivity index (χ0n) is 13.0. The van der Waals surface area contributed by atoms with E-state index in [0.717, 1.165) is 42.2 Å². The molecule has 1 amide bonds. The van der Waals surface area contributed by atoms with Gasteiger partial charge in [-0.15, -0.1) is 0 Å². The normalized spacial score (nSPS) is 30.0. The predicted octanol–water partition coefficient (Wildman–Crippen LogP) is 1.27. The molecule has 0 bridgehead atoms. The molecule has 0 radical (unpaired) electrons. The van der Waals surface area contributed by atoms with Crippen LogP contribution in [-0.2, 0) is 6.42 Å². The average Bonchev–Trinajstić information content (AvgIpc) is 3.13. The Morgan fingerprint density at radius 3 is 2.77 bits per heavy atom. The van der Waals surface area contributed by atoms with E-state index < -0.39 is 0 Å². The van der Waals surface area contributed by atoms with Gasteiger partial charge in [0.2, 0.25) is 0 Å². The maximum absolute atomic E-state index is 12.6. The topological polar surface area (TPSA) is 67.6 Å². The van der Waals surface area contributed by atoms with E-state index in [1.165, 1.54) is 13.1 Å². The number of fused-ring (bicyclic) bond motifs is 2. The van der Waals surface area contributed by atoms with Gasteiger partial charge < -0.3 is 20.7 Å². The smallest absolute Gasteiger partial charge is 0.251 e. The second-order valence-electron chi connectivity index (χ2n) is 6.99. The van der Waals surface area contributed by atoms with Crippen LogP contribution in [-0.4, -0.2) is 43.6 Å². The number of amides is 1. The molecule has 1 saturated heterocycles. The number of carbonyl (C=O) groups is 1. The molecule has 2 aliphatic heterocycles. The zero-order valence-corrected chi connectivity index (χ0v) is 13.0. The molecule has 5 heteroatoms. The first-order valence-electron chi connectivity index (χ1n) is 8.15. The van der Waals surface area contributed by atoms with Gasteiger partial charge in [-0.25, -0.2) is 0 Å². The molecule has 118 valence electrons. The average molecular weight is 301 g/mol. The summed E-state index contributed by atoms with van der Waals surface area (Å²) in [4.78, 5) is 15.0. The maximum atomic E-state index is 12.6. The number of likely N-dealkylation sites (tertiary alicyclic amines) is 1. The highest BCUT2D eigenvalue weighted by atomic mass is 16.5. The number of rotatable bonds is 2. The van der Waals surface area contributed by atoms with Crippen molar-refractivity contribution in [1.82, 2.24) is 10.2 Å². The number of nitrogen functional groups attached to an aromatic ring is 1. The summed E-state index contributed by atoms with van der Waals surface area (Å²) in [7, 11) is 2.18. The molecule has 2 unspecified atom stereocenters. The Hall–Kier alpha value is -1.75. The van der Waals surface area contributed by atoms with Crippen LogP contribution in [0, 0.1) is 11.8 Å². The van der Waals surface area contributed by atoms with Crippen molar-refractivity contribution in [2.45, 2.75) is 25.3 Å². The standard InChI is InChI=1S/C17H23N3O2/c1-20-8-10-6-12(7-11(10)9-20)19-17(21)14-2-3-15(18)16-13(14)4-5-22-16/h2-3,10-12H,4-9,18H2,1H3,(H,19,21)/t10-,11?,12?/m0/s1. The lowest BCUT2D eigenvalue weighted by molar-refractivity contribution is 0.0934. The van der Waals surface area contributed by atoms with Gasteiger partial charge in [-0.05, 0) is 43.9 Å². The number of nitrogens with one attached hydrogen (secondary N) is 1. The van der Waals surface area contributed by atoms with E-state index in [2.05, 4.69) is 17.3 Å². The van der Waals surface area contributed by atoms with E-state index >= 15 is 0 Å². The van der Waals surface area contributed by atoms with Crippen LogP contribution in [0.15, 0.2) is 12.1 Å². The first-order chi connectivity index (χ1) is 10.6. The third kappa shape index (κ3) is 2.24. The van der Waals surface area contributed by atoms with Crippen LogP contribution >= 0.6 is 0 Å². The van der Waals surface area contributed by atoms with Gasteiger partial charge in [0.15, 0.2) is 0 Å². The van der Waals surface area contributed by atoms with Crippen LogP contribution in [0.25, 0.3) is 0 Å². The second-order valence-corrected chi connectivity index (χ2v) is 6.99. The quantitative estimate of drug-likeness (QED) is 0.807. The molecule has 0 spiro atoms. The third-order valence-corrected chi connectivity index (χ3v) is 5.40. The van der Waals surface area contributed by atoms with Crippen LogP contribution in [0.1, 0.15) is 28.8 Å². The van der Waals surface area contributed by atoms with E-state index in [9.17, 15) is 4.79 Å². The Morgan fingerprint density at radius 2 is 2.05 bits per heavy atom. The van der Waals surface area contributed by atoms with E-state index in [0.29, 0.717) is 24.1 Å². The molecule has 2 fully saturated rings. The lowest BCUT2D eigenvalue weighted by Gasteiger charge is -2.17. The van der Waals surface area contributed by atoms with Crippen molar-refractivity contribution in [3.63, 3.8) is 0 Å². The van der Waals surface area contributed by atoms with Gasteiger partial charge in [0, 0.05) is 36.7 Å². The fourth-order valence-electron chi connectivity index (χ4n) is 4.45. The number of carbonyl (C=O) groups excluding carboxylic acids is 1. The first-order valence-corrected chi connectivity index (χ1v) is 8.15. The number of hydrogen-bond acceptors (Lipinski definition) is 4. The lowest BCUT2D eigenvalue weighted by atomic mass is 10.0. The molecule has 5 nitrogen and oxygen atoms in total. The van der Waals surface area contributed by atoms with Gasteiger partial charge in [-0.3, -0.25) is 4.79 Å². The van der Waals surface area contributed by atoms with Crippen molar-refractivity contribution in [2.24, 2.45) is 11.8 Å². The Morgan fingerprint density at radius 1 is 1.32 bits per heavy atom. The molecule has 1 aromatic rings. The van der Waals surface area contributed by atoms with Crippen molar-refractivity contribution < 1.29 is 9.53 Å². The highest BCUT2D eigenvalue weighted by Crippen LogP contribution is 2.38. The van der Waals surface area contributed by atoms with Gasteiger partial charge >= 0.3 is 0 Å². The van der Waals surface area contributed by atoms with Crippen LogP contribution in [0.2, 0.25) is 0 Å². The van der Waals surface area contributed by atoms with Crippen molar-refractivity contribution in [3.05, 3.63) is 23.3 Å². The largest absolute Gasteiger partial charge is 0.491 e. The highest BCUT2D eigenvalue weighted by molar-refractivity contribution is 5.97. The SMILES string of the molecule is CN1CC2CC(NC(=O)c3ccc(N)c4c3CCO4)C[C@H]2C1. The number of nitrogens with two attached hydrogens (primary N) is 1. The number of ether oxygens (including phenoxy) is 1. The van der Waals surface area contributed by atoms with Crippen molar-refractivity contribution in [2.75, 3.05) is 32.5 Å². The summed E-state index contributed by atoms with van der Waals surface area (Å²) in [6, 6.07) is 3.92. The molecular weight excluding hydrogens is 278 g/mol. The zero-order chi connectivity index (χ0) is 15.3. The molecule has 3 aliphatic rings. The van der Waals surface area contributed by atoms with Gasteiger partial charge in [-0.1, -0.05) is 0 Å². The van der Waals surface area contributed by atoms with Gasteiger partial charge in [0.25, 0.3) is 5.91 Å². The molecular formula is C17H23N3O2. The summed E-state index contributed by atoms with van der Waals surface area (Å²) >= 11 is 0. The van der Waals surface area contributed by atoms with Gasteiger partial charge in [0.1, 0.15) is 5.75 Å². The Balaban J connectivity index is 1.47. The Labute approximate surface area is 130 Å². The number of nitrogens with zero attached hydrogens (tertiary/aromatic N) is 1. The summed E-state index contributed by atoms with van der Waals surface area (Å²) in [6.07, 6.45) is 2.98. The molecule has 22 heavy (non-hydrogen) atoms. The van der Waals surface area contributed by atoms with E-state index in [4.69, 9.17) is 10.5 Å². The van der Waals surface area contributed by atoms with Crippen LogP contribution in [0.4, 0.5) is 5.69 Å². The maximum Gasteiger partial charge on any atom is 0.251 e. The molecule has 1 aliphatic carbocycles. The van der Waals surface area contributed by atoms with Crippen molar-refractivity contribution >= 4 is 11.6 Å². The number of anilines is 1. The monoisotopic (exact) mass is 301 g/mol. The molecule has 2 heterocycles. The van der Waals surface area contributed by atoms with Gasteiger partial charge in [0.05, 0.1) is 12.3 Å². The fourth-order valence-corrected chi connectivity index (χ4v) is 4.45. The summed E-state index contributed by atoms with van der Waals surface area (Å²) in [5.74, 6) is 2.23. The second kappa shape index (κ2) is 5.16. The number of hydrogen-bond donors (Lipinski definition) is 2.